The van der Waals surface area contributed by atoms with E-state index < -0.39 is 0 Å². The fourth-order valence-corrected chi connectivity index (χ4v) is 17.4. The van der Waals surface area contributed by atoms with Gasteiger partial charge >= 0.3 is 0 Å². The molecule has 17 heteroatoms. The van der Waals surface area contributed by atoms with Crippen LogP contribution in [0.25, 0.3) is 22.3 Å². The third kappa shape index (κ3) is 80.3. The lowest BCUT2D eigenvalue weighted by Gasteiger charge is -2.18. The van der Waals surface area contributed by atoms with E-state index in [1.54, 1.807) is 0 Å². The highest BCUT2D eigenvalue weighted by Gasteiger charge is 2.15. The number of nitrogens with one attached hydrogen (secondary N) is 14. The van der Waals surface area contributed by atoms with Crippen molar-refractivity contribution in [2.75, 3.05) is 190 Å². The number of hydrogen-bond donors (Lipinski definition) is 17. The predicted octanol–water partition coefficient (Wildman–Crippen LogP) is 24.3. The smallest absolute Gasteiger partial charge is 0.0211 e. The average Bonchev–Trinajstić information content (AvgIpc) is 0.856. The SMILES string of the molecule is C=C(CNCC)CNCCCNCCCNCC.CC(C)c1ccc(CNCCCNCCCCN)cc1.CCC(CC)CNCCCCNCCCNCC(CC)CC.CCNCCCNCCCCNCCC(c1ccccc1)c1ccccc1.NCCCCCCCCCCCCCCCCCCN.c1ccc(-c2ccccc2CCCCCCNCCCNCc2ccccc2-c2ccccc2)cc1. The Kier molecular flexibility index (Phi) is 96.6. The number of aryl methyl sites for hydroxylation is 1. The molecule has 0 saturated carbocycles. The molecular formula is C126H223N17. The Morgan fingerprint density at radius 2 is 0.531 bits per heavy atom. The van der Waals surface area contributed by atoms with Crippen LogP contribution in [0.1, 0.15) is 345 Å². The maximum atomic E-state index is 5.48. The van der Waals surface area contributed by atoms with E-state index in [4.69, 9.17) is 17.2 Å². The van der Waals surface area contributed by atoms with Crippen molar-refractivity contribution in [2.24, 2.45) is 29.0 Å². The molecule has 7 aromatic carbocycles. The van der Waals surface area contributed by atoms with Crippen molar-refractivity contribution >= 4 is 0 Å². The van der Waals surface area contributed by atoms with E-state index in [2.05, 4.69) is 337 Å². The zero-order valence-corrected chi connectivity index (χ0v) is 93.5. The molecule has 0 aliphatic heterocycles. The van der Waals surface area contributed by atoms with Crippen LogP contribution in [0.5, 0.6) is 0 Å². The topological polar surface area (TPSA) is 246 Å². The third-order valence-electron chi connectivity index (χ3n) is 26.9. The number of benzene rings is 7. The van der Waals surface area contributed by atoms with Gasteiger partial charge in [-0.1, -0.05) is 391 Å². The van der Waals surface area contributed by atoms with Gasteiger partial charge in [-0.05, 0) is 371 Å². The van der Waals surface area contributed by atoms with Crippen molar-refractivity contribution in [3.8, 4) is 22.3 Å². The van der Waals surface area contributed by atoms with E-state index in [-0.39, 0.29) is 0 Å². The van der Waals surface area contributed by atoms with Crippen molar-refractivity contribution < 1.29 is 0 Å². The van der Waals surface area contributed by atoms with Crippen molar-refractivity contribution in [3.63, 3.8) is 0 Å². The van der Waals surface area contributed by atoms with Crippen LogP contribution >= 0.6 is 0 Å². The Morgan fingerprint density at radius 1 is 0.245 bits per heavy atom. The highest BCUT2D eigenvalue weighted by Crippen LogP contribution is 2.29. The summed E-state index contributed by atoms with van der Waals surface area (Å²) in [5, 5.41) is 48.9. The largest absolute Gasteiger partial charge is 0.330 e. The van der Waals surface area contributed by atoms with Crippen LogP contribution in [0.3, 0.4) is 0 Å². The van der Waals surface area contributed by atoms with Gasteiger partial charge in [-0.25, -0.2) is 0 Å². The number of likely N-dealkylation sites (N-methyl/N-ethyl adjacent to an activating group) is 1. The van der Waals surface area contributed by atoms with E-state index in [1.807, 2.05) is 0 Å². The molecule has 0 fully saturated rings. The molecule has 0 amide bonds. The minimum atomic E-state index is 0.471. The highest BCUT2D eigenvalue weighted by atomic mass is 14.9. The molecule has 7 rings (SSSR count). The lowest BCUT2D eigenvalue weighted by atomic mass is 9.88. The van der Waals surface area contributed by atoms with Gasteiger partial charge < -0.3 is 91.6 Å². The first-order valence-electron chi connectivity index (χ1n) is 58.7. The first-order chi connectivity index (χ1) is 70.6. The van der Waals surface area contributed by atoms with Gasteiger partial charge in [0.1, 0.15) is 0 Å². The number of hydrogen-bond acceptors (Lipinski definition) is 17. The third-order valence-corrected chi connectivity index (χ3v) is 26.9. The molecule has 20 N–H and O–H groups in total. The summed E-state index contributed by atoms with van der Waals surface area (Å²) >= 11 is 0. The van der Waals surface area contributed by atoms with Gasteiger partial charge in [-0.15, -0.1) is 0 Å². The Morgan fingerprint density at radius 3 is 0.930 bits per heavy atom. The minimum absolute atomic E-state index is 0.471. The van der Waals surface area contributed by atoms with Crippen LogP contribution in [0.4, 0.5) is 0 Å². The van der Waals surface area contributed by atoms with Crippen molar-refractivity contribution in [2.45, 2.75) is 331 Å². The van der Waals surface area contributed by atoms with Crippen LogP contribution in [-0.2, 0) is 19.5 Å². The maximum Gasteiger partial charge on any atom is 0.0211 e. The van der Waals surface area contributed by atoms with Crippen LogP contribution in [-0.4, -0.2) is 190 Å². The molecule has 0 aliphatic rings. The highest BCUT2D eigenvalue weighted by molar-refractivity contribution is 5.68. The second-order valence-electron chi connectivity index (χ2n) is 39.6. The van der Waals surface area contributed by atoms with Gasteiger partial charge in [-0.2, -0.15) is 0 Å². The zero-order valence-electron chi connectivity index (χ0n) is 93.5. The zero-order chi connectivity index (χ0) is 103. The lowest BCUT2D eigenvalue weighted by Crippen LogP contribution is -2.27. The Bertz CT molecular complexity index is 3530. The summed E-state index contributed by atoms with van der Waals surface area (Å²) in [5.41, 5.74) is 31.4. The van der Waals surface area contributed by atoms with Gasteiger partial charge in [0.05, 0.1) is 0 Å². The Labute approximate surface area is 880 Å². The van der Waals surface area contributed by atoms with Crippen LogP contribution in [0.15, 0.2) is 206 Å². The molecule has 0 radical (unpaired) electrons. The molecule has 0 unspecified atom stereocenters. The van der Waals surface area contributed by atoms with Gasteiger partial charge in [0.2, 0.25) is 0 Å². The van der Waals surface area contributed by atoms with E-state index in [0.29, 0.717) is 11.8 Å². The summed E-state index contributed by atoms with van der Waals surface area (Å²) in [6.07, 6.45) is 49.5. The summed E-state index contributed by atoms with van der Waals surface area (Å²) in [6.45, 7) is 56.9. The molecule has 17 nitrogen and oxygen atoms in total. The second-order valence-corrected chi connectivity index (χ2v) is 39.6. The first-order valence-corrected chi connectivity index (χ1v) is 58.7. The second kappa shape index (κ2) is 104. The van der Waals surface area contributed by atoms with Crippen molar-refractivity contribution in [3.05, 3.63) is 240 Å². The molecular weight excluding hydrogens is 1750 g/mol. The average molecular weight is 1980 g/mol. The van der Waals surface area contributed by atoms with Gasteiger partial charge in [0.15, 0.2) is 0 Å². The Hall–Kier alpha value is -6.40. The summed E-state index contributed by atoms with van der Waals surface area (Å²) in [7, 11) is 0. The van der Waals surface area contributed by atoms with Crippen LogP contribution in [0.2, 0.25) is 0 Å². The van der Waals surface area contributed by atoms with Gasteiger partial charge in [0, 0.05) is 32.1 Å². The number of unbranched alkanes of at least 4 members (excludes halogenated alkanes) is 21. The molecule has 812 valence electrons. The summed E-state index contributed by atoms with van der Waals surface area (Å²) in [4.78, 5) is 0. The van der Waals surface area contributed by atoms with E-state index in [1.165, 1.54) is 306 Å². The molecule has 0 bridgehead atoms. The fraction of sp³-hybridized carbons (Fsp3) is 0.651. The van der Waals surface area contributed by atoms with E-state index in [0.717, 1.165) is 214 Å². The summed E-state index contributed by atoms with van der Waals surface area (Å²) in [5.74, 6) is 2.81. The van der Waals surface area contributed by atoms with Crippen molar-refractivity contribution in [1.82, 2.24) is 74.4 Å². The molecule has 7 aromatic rings. The van der Waals surface area contributed by atoms with Crippen LogP contribution < -0.4 is 91.6 Å². The normalized spacial score (nSPS) is 11.2. The molecule has 0 spiro atoms. The molecule has 0 saturated heterocycles. The summed E-state index contributed by atoms with van der Waals surface area (Å²) < 4.78 is 0. The monoisotopic (exact) mass is 1970 g/mol. The quantitative estimate of drug-likeness (QED) is 0.0125. The molecule has 0 heterocycles. The predicted molar refractivity (Wildman–Crippen MR) is 634 cm³/mol. The van der Waals surface area contributed by atoms with Crippen molar-refractivity contribution in [1.29, 1.82) is 0 Å². The lowest BCUT2D eigenvalue weighted by molar-refractivity contribution is 0.440. The van der Waals surface area contributed by atoms with Gasteiger partial charge in [-0.3, -0.25) is 0 Å². The van der Waals surface area contributed by atoms with Gasteiger partial charge in [0.25, 0.3) is 0 Å². The summed E-state index contributed by atoms with van der Waals surface area (Å²) in [6, 6.07) is 69.7. The standard InChI is InChI=1S/C34H40N2.C24H37N3.C19H43N3.C18H40N2.C17H31N3.C14H32N4/c1(5-16-30-21-10-12-23-33(30)29-17-6-3-7-18-29)2-14-25-35-26-15-27-36-28-32-22-11-13-24-34(32)31-19-8-4-9-20-31;1-2-25-19-11-20-26-17-9-10-18-27-21-16-24(22-12-5-3-6-13-22)23-14-7-4-8-15-23;1-5-18(6-2)16-21-13-10-9-12-20-14-11-15-22-17-19(7-3)8-4;19-17-15-13-11-9-7-5-3-1-2-4-6-8-10-12-14-16-18-20;1-15(2)17-8-6-16(7-9-17)14-20-13-5-12-19-11-4-3-10-18;1-4-15-8-6-9-17-10-7-11-18-13-14(3)12-16-5-2/h3-4,6-13,17-24,35-36H,1-2,5,14-16,25-28H2;3-8,12-15,24-27H,2,9-11,16-21H2,1H3;18-22H,5-17H2,1-4H3;1-20H2;6-9,15,19-20H,3-5,10-14,18H2,1-2H3;15-18H,3-13H2,1-2H3. The molecule has 143 heavy (non-hydrogen) atoms. The minimum Gasteiger partial charge on any atom is -0.330 e. The molecule has 0 aromatic heterocycles. The van der Waals surface area contributed by atoms with Crippen LogP contribution in [0, 0.1) is 11.8 Å². The number of rotatable bonds is 89. The first kappa shape index (κ1) is 133. The maximum absolute atomic E-state index is 5.48. The van der Waals surface area contributed by atoms with E-state index in [9.17, 15) is 0 Å². The Balaban J connectivity index is 0.000000592. The fourth-order valence-electron chi connectivity index (χ4n) is 17.4. The molecule has 0 aliphatic carbocycles. The molecule has 0 atom stereocenters. The number of nitrogens with two attached hydrogens (primary N) is 3. The van der Waals surface area contributed by atoms with E-state index >= 15 is 0 Å².